The molecule has 5 heteroatoms. The maximum atomic E-state index is 13.3. The van der Waals surface area contributed by atoms with Gasteiger partial charge in [0.25, 0.3) is 0 Å². The SMILES string of the molecule is Cc1nccc(CNC(=O)C2(c3ccc(F)cc3)CCCCC2)n1. The van der Waals surface area contributed by atoms with Crippen molar-refractivity contribution in [3.63, 3.8) is 0 Å². The summed E-state index contributed by atoms with van der Waals surface area (Å²) in [6.07, 6.45) is 6.46. The molecule has 0 atom stereocenters. The van der Waals surface area contributed by atoms with Crippen LogP contribution in [0.2, 0.25) is 0 Å². The van der Waals surface area contributed by atoms with E-state index in [2.05, 4.69) is 15.3 Å². The molecule has 1 fully saturated rings. The molecule has 2 aromatic rings. The van der Waals surface area contributed by atoms with E-state index in [0.717, 1.165) is 43.4 Å². The molecule has 1 aliphatic rings. The van der Waals surface area contributed by atoms with Crippen LogP contribution in [0.25, 0.3) is 0 Å². The highest BCUT2D eigenvalue weighted by Crippen LogP contribution is 2.39. The summed E-state index contributed by atoms with van der Waals surface area (Å²) in [5, 5.41) is 3.03. The summed E-state index contributed by atoms with van der Waals surface area (Å²) in [5.74, 6) is 0.416. The minimum Gasteiger partial charge on any atom is -0.350 e. The van der Waals surface area contributed by atoms with Gasteiger partial charge in [-0.25, -0.2) is 14.4 Å². The van der Waals surface area contributed by atoms with Gasteiger partial charge in [-0.2, -0.15) is 0 Å². The van der Waals surface area contributed by atoms with Gasteiger partial charge >= 0.3 is 0 Å². The zero-order valence-electron chi connectivity index (χ0n) is 13.9. The largest absolute Gasteiger partial charge is 0.350 e. The van der Waals surface area contributed by atoms with Crippen LogP contribution in [0.15, 0.2) is 36.5 Å². The van der Waals surface area contributed by atoms with Gasteiger partial charge < -0.3 is 5.32 Å². The van der Waals surface area contributed by atoms with Gasteiger partial charge in [0.15, 0.2) is 0 Å². The number of nitrogens with one attached hydrogen (secondary N) is 1. The van der Waals surface area contributed by atoms with Gasteiger partial charge in [0.05, 0.1) is 17.7 Å². The van der Waals surface area contributed by atoms with Crippen molar-refractivity contribution in [1.82, 2.24) is 15.3 Å². The maximum Gasteiger partial charge on any atom is 0.230 e. The molecule has 126 valence electrons. The topological polar surface area (TPSA) is 54.9 Å². The number of aromatic nitrogens is 2. The number of aryl methyl sites for hydroxylation is 1. The smallest absolute Gasteiger partial charge is 0.230 e. The molecule has 1 aromatic carbocycles. The molecule has 3 rings (SSSR count). The minimum atomic E-state index is -0.561. The molecule has 1 amide bonds. The molecular formula is C19H22FN3O. The zero-order valence-corrected chi connectivity index (χ0v) is 13.9. The van der Waals surface area contributed by atoms with Crippen molar-refractivity contribution in [1.29, 1.82) is 0 Å². The molecule has 0 radical (unpaired) electrons. The van der Waals surface area contributed by atoms with Crippen LogP contribution in [0.3, 0.4) is 0 Å². The Morgan fingerprint density at radius 2 is 1.88 bits per heavy atom. The number of carbonyl (C=O) groups excluding carboxylic acids is 1. The van der Waals surface area contributed by atoms with Crippen LogP contribution in [0, 0.1) is 12.7 Å². The summed E-state index contributed by atoms with van der Waals surface area (Å²) >= 11 is 0. The standard InChI is InChI=1S/C19H22FN3O/c1-14-21-12-9-17(23-14)13-22-18(24)19(10-3-2-4-11-19)15-5-7-16(20)8-6-15/h5-9,12H,2-4,10-11,13H2,1H3,(H,22,24). The molecule has 24 heavy (non-hydrogen) atoms. The number of rotatable bonds is 4. The van der Waals surface area contributed by atoms with Gasteiger partial charge in [-0.05, 0) is 43.5 Å². The summed E-state index contributed by atoms with van der Waals surface area (Å²) in [6.45, 7) is 2.21. The first-order valence-electron chi connectivity index (χ1n) is 8.43. The van der Waals surface area contributed by atoms with E-state index < -0.39 is 5.41 Å². The van der Waals surface area contributed by atoms with Crippen LogP contribution in [-0.2, 0) is 16.8 Å². The average Bonchev–Trinajstić information content (AvgIpc) is 2.61. The van der Waals surface area contributed by atoms with E-state index >= 15 is 0 Å². The van der Waals surface area contributed by atoms with Crippen molar-refractivity contribution in [2.75, 3.05) is 0 Å². The van der Waals surface area contributed by atoms with Gasteiger partial charge in [0, 0.05) is 6.20 Å². The average molecular weight is 327 g/mol. The number of nitrogens with zero attached hydrogens (tertiary/aromatic N) is 2. The third-order valence-electron chi connectivity index (χ3n) is 4.80. The van der Waals surface area contributed by atoms with Crippen LogP contribution < -0.4 is 5.32 Å². The molecular weight excluding hydrogens is 305 g/mol. The van der Waals surface area contributed by atoms with Crippen LogP contribution in [-0.4, -0.2) is 15.9 Å². The number of amides is 1. The van der Waals surface area contributed by atoms with E-state index in [9.17, 15) is 9.18 Å². The second-order valence-corrected chi connectivity index (χ2v) is 6.43. The van der Waals surface area contributed by atoms with Gasteiger partial charge in [-0.1, -0.05) is 31.4 Å². The van der Waals surface area contributed by atoms with Crippen molar-refractivity contribution in [2.45, 2.75) is 51.0 Å². The van der Waals surface area contributed by atoms with E-state index in [0.29, 0.717) is 12.4 Å². The molecule has 1 aromatic heterocycles. The van der Waals surface area contributed by atoms with E-state index in [1.807, 2.05) is 6.92 Å². The first kappa shape index (κ1) is 16.6. The Kier molecular flexibility index (Phi) is 4.88. The van der Waals surface area contributed by atoms with Crippen molar-refractivity contribution in [2.24, 2.45) is 0 Å². The second kappa shape index (κ2) is 7.07. The van der Waals surface area contributed by atoms with E-state index in [-0.39, 0.29) is 11.7 Å². The van der Waals surface area contributed by atoms with Gasteiger partial charge in [0.1, 0.15) is 11.6 Å². The normalized spacial score (nSPS) is 16.6. The Morgan fingerprint density at radius 1 is 1.17 bits per heavy atom. The Morgan fingerprint density at radius 3 is 2.54 bits per heavy atom. The molecule has 0 unspecified atom stereocenters. The molecule has 0 aliphatic heterocycles. The number of halogens is 1. The number of hydrogen-bond donors (Lipinski definition) is 1. The lowest BCUT2D eigenvalue weighted by Crippen LogP contribution is -2.45. The zero-order chi connectivity index (χ0) is 17.0. The lowest BCUT2D eigenvalue weighted by Gasteiger charge is -2.36. The van der Waals surface area contributed by atoms with Crippen molar-refractivity contribution >= 4 is 5.91 Å². The van der Waals surface area contributed by atoms with Gasteiger partial charge in [0.2, 0.25) is 5.91 Å². The number of carbonyl (C=O) groups is 1. The lowest BCUT2D eigenvalue weighted by atomic mass is 9.68. The second-order valence-electron chi connectivity index (χ2n) is 6.43. The van der Waals surface area contributed by atoms with Crippen LogP contribution in [0.5, 0.6) is 0 Å². The van der Waals surface area contributed by atoms with E-state index in [1.165, 1.54) is 12.1 Å². The fourth-order valence-corrected chi connectivity index (χ4v) is 3.51. The van der Waals surface area contributed by atoms with E-state index in [1.54, 1.807) is 24.4 Å². The fraction of sp³-hybridized carbons (Fsp3) is 0.421. The predicted octanol–water partition coefficient (Wildman–Crippen LogP) is 3.44. The third-order valence-corrected chi connectivity index (χ3v) is 4.80. The van der Waals surface area contributed by atoms with Crippen molar-refractivity contribution in [3.8, 4) is 0 Å². The number of benzene rings is 1. The summed E-state index contributed by atoms with van der Waals surface area (Å²) in [7, 11) is 0. The Hall–Kier alpha value is -2.30. The van der Waals surface area contributed by atoms with Crippen LogP contribution >= 0.6 is 0 Å². The first-order valence-corrected chi connectivity index (χ1v) is 8.43. The fourth-order valence-electron chi connectivity index (χ4n) is 3.51. The molecule has 1 saturated carbocycles. The Balaban J connectivity index is 1.80. The number of hydrogen-bond acceptors (Lipinski definition) is 3. The summed E-state index contributed by atoms with van der Waals surface area (Å²) in [5.41, 5.74) is 1.13. The maximum absolute atomic E-state index is 13.3. The van der Waals surface area contributed by atoms with Crippen molar-refractivity contribution in [3.05, 3.63) is 59.4 Å². The molecule has 1 aliphatic carbocycles. The highest BCUT2D eigenvalue weighted by molar-refractivity contribution is 5.88. The summed E-state index contributed by atoms with van der Waals surface area (Å²) in [6, 6.07) is 8.17. The minimum absolute atomic E-state index is 0.00470. The Bertz CT molecular complexity index is 709. The molecule has 0 spiro atoms. The lowest BCUT2D eigenvalue weighted by molar-refractivity contribution is -0.128. The highest BCUT2D eigenvalue weighted by Gasteiger charge is 2.40. The van der Waals surface area contributed by atoms with Crippen molar-refractivity contribution < 1.29 is 9.18 Å². The first-order chi connectivity index (χ1) is 11.6. The van der Waals surface area contributed by atoms with Gasteiger partial charge in [-0.3, -0.25) is 4.79 Å². The summed E-state index contributed by atoms with van der Waals surface area (Å²) in [4.78, 5) is 21.4. The van der Waals surface area contributed by atoms with E-state index in [4.69, 9.17) is 0 Å². The predicted molar refractivity (Wildman–Crippen MR) is 89.8 cm³/mol. The quantitative estimate of drug-likeness (QED) is 0.936. The Labute approximate surface area is 141 Å². The molecule has 4 nitrogen and oxygen atoms in total. The summed E-state index contributed by atoms with van der Waals surface area (Å²) < 4.78 is 13.3. The van der Waals surface area contributed by atoms with Crippen LogP contribution in [0.1, 0.15) is 49.2 Å². The molecule has 0 saturated heterocycles. The molecule has 1 N–H and O–H groups in total. The van der Waals surface area contributed by atoms with Crippen LogP contribution in [0.4, 0.5) is 4.39 Å². The monoisotopic (exact) mass is 327 g/mol. The van der Waals surface area contributed by atoms with Gasteiger partial charge in [-0.15, -0.1) is 0 Å². The molecule has 1 heterocycles. The highest BCUT2D eigenvalue weighted by atomic mass is 19.1. The third kappa shape index (κ3) is 3.45. The molecule has 0 bridgehead atoms.